The van der Waals surface area contributed by atoms with Crippen LogP contribution < -0.4 is 0 Å². The third kappa shape index (κ3) is 1.74. The van der Waals surface area contributed by atoms with E-state index in [9.17, 15) is 15.3 Å². The molecular formula is C9H15O7. The molecule has 0 aliphatic carbocycles. The Kier molecular flexibility index (Phi) is 2.75. The van der Waals surface area contributed by atoms with Crippen LogP contribution in [0.15, 0.2) is 0 Å². The number of aliphatic hydroxyl groups is 3. The van der Waals surface area contributed by atoms with Crippen LogP contribution in [0.5, 0.6) is 0 Å². The fourth-order valence-corrected chi connectivity index (χ4v) is 1.98. The van der Waals surface area contributed by atoms with E-state index in [0.717, 1.165) is 0 Å². The Morgan fingerprint density at radius 1 is 1.38 bits per heavy atom. The summed E-state index contributed by atoms with van der Waals surface area (Å²) in [4.78, 5) is 0. The van der Waals surface area contributed by atoms with Crippen LogP contribution in [0.4, 0.5) is 0 Å². The van der Waals surface area contributed by atoms with Gasteiger partial charge >= 0.3 is 0 Å². The molecule has 0 spiro atoms. The van der Waals surface area contributed by atoms with Gasteiger partial charge in [-0.1, -0.05) is 0 Å². The van der Waals surface area contributed by atoms with Crippen molar-refractivity contribution < 1.29 is 34.6 Å². The minimum absolute atomic E-state index is 0.682. The lowest BCUT2D eigenvalue weighted by Crippen LogP contribution is -2.53. The van der Waals surface area contributed by atoms with Crippen LogP contribution in [0.1, 0.15) is 13.8 Å². The van der Waals surface area contributed by atoms with Gasteiger partial charge < -0.3 is 29.5 Å². The lowest BCUT2D eigenvalue weighted by Gasteiger charge is -2.29. The van der Waals surface area contributed by atoms with Crippen molar-refractivity contribution in [1.29, 1.82) is 0 Å². The highest BCUT2D eigenvalue weighted by molar-refractivity contribution is 5.00. The predicted octanol–water partition coefficient (Wildman–Crippen LogP) is -1.66. The van der Waals surface area contributed by atoms with E-state index in [-0.39, 0.29) is 0 Å². The van der Waals surface area contributed by atoms with Crippen LogP contribution in [-0.2, 0) is 19.3 Å². The molecule has 0 amide bonds. The van der Waals surface area contributed by atoms with Crippen LogP contribution in [0.25, 0.3) is 0 Å². The average molecular weight is 235 g/mol. The van der Waals surface area contributed by atoms with Crippen molar-refractivity contribution in [2.24, 2.45) is 0 Å². The zero-order chi connectivity index (χ0) is 12.1. The van der Waals surface area contributed by atoms with Crippen LogP contribution in [0.3, 0.4) is 0 Å². The van der Waals surface area contributed by atoms with Crippen molar-refractivity contribution >= 4 is 0 Å². The number of hydrogen-bond acceptors (Lipinski definition) is 6. The van der Waals surface area contributed by atoms with E-state index in [4.69, 9.17) is 19.3 Å². The Morgan fingerprint density at radius 3 is 2.50 bits per heavy atom. The molecule has 7 heteroatoms. The van der Waals surface area contributed by atoms with Gasteiger partial charge in [-0.25, -0.2) is 0 Å². The number of aliphatic hydroxyl groups excluding tert-OH is 2. The summed E-state index contributed by atoms with van der Waals surface area (Å²) in [6.45, 7) is 2.49. The lowest BCUT2D eigenvalue weighted by atomic mass is 10.0. The Hall–Kier alpha value is -0.280. The van der Waals surface area contributed by atoms with Gasteiger partial charge in [-0.15, -0.1) is 0 Å². The molecule has 2 aliphatic heterocycles. The van der Waals surface area contributed by atoms with Crippen molar-refractivity contribution in [3.8, 4) is 0 Å². The average Bonchev–Trinajstić information content (AvgIpc) is 2.59. The summed E-state index contributed by atoms with van der Waals surface area (Å²) in [5.41, 5.74) is 0. The van der Waals surface area contributed by atoms with E-state index in [1.54, 1.807) is 13.8 Å². The maximum absolute atomic E-state index is 11.9. The van der Waals surface area contributed by atoms with E-state index in [0.29, 0.717) is 0 Å². The summed E-state index contributed by atoms with van der Waals surface area (Å²) < 4.78 is 15.5. The smallest absolute Gasteiger partial charge is 0.260 e. The van der Waals surface area contributed by atoms with E-state index in [1.807, 2.05) is 0 Å². The first-order valence-electron chi connectivity index (χ1n) is 5.01. The fourth-order valence-electron chi connectivity index (χ4n) is 1.98. The number of ether oxygens (including phenoxy) is 3. The van der Waals surface area contributed by atoms with Gasteiger partial charge in [0.1, 0.15) is 12.2 Å². The highest BCUT2D eigenvalue weighted by Gasteiger charge is 2.65. The van der Waals surface area contributed by atoms with Crippen LogP contribution >= 0.6 is 0 Å². The molecule has 5 atom stereocenters. The van der Waals surface area contributed by atoms with E-state index in [1.165, 1.54) is 0 Å². The van der Waals surface area contributed by atoms with Gasteiger partial charge in [-0.05, 0) is 13.8 Å². The zero-order valence-electron chi connectivity index (χ0n) is 8.99. The molecule has 16 heavy (non-hydrogen) atoms. The molecule has 2 heterocycles. The molecule has 2 aliphatic rings. The molecule has 1 radical (unpaired) electrons. The highest BCUT2D eigenvalue weighted by atomic mass is 16.9. The van der Waals surface area contributed by atoms with Crippen LogP contribution in [0.2, 0.25) is 0 Å². The minimum atomic E-state index is -2.64. The Morgan fingerprint density at radius 2 is 2.00 bits per heavy atom. The summed E-state index contributed by atoms with van der Waals surface area (Å²) in [5.74, 6) is -3.65. The second-order valence-corrected chi connectivity index (χ2v) is 4.48. The molecule has 93 valence electrons. The number of rotatable bonds is 2. The molecule has 2 saturated heterocycles. The van der Waals surface area contributed by atoms with Crippen molar-refractivity contribution in [2.75, 3.05) is 6.61 Å². The molecule has 0 saturated carbocycles. The topological polar surface area (TPSA) is 108 Å². The first-order chi connectivity index (χ1) is 7.28. The van der Waals surface area contributed by atoms with Crippen molar-refractivity contribution in [2.45, 2.75) is 50.0 Å². The number of fused-ring (bicyclic) bond motifs is 1. The Balaban J connectivity index is 2.17. The van der Waals surface area contributed by atoms with Crippen LogP contribution in [0, 0.1) is 0 Å². The Bertz CT molecular complexity index is 277. The highest BCUT2D eigenvalue weighted by Crippen LogP contribution is 2.42. The van der Waals surface area contributed by atoms with Crippen LogP contribution in [-0.4, -0.2) is 58.1 Å². The summed E-state index contributed by atoms with van der Waals surface area (Å²) >= 11 is 0. The van der Waals surface area contributed by atoms with E-state index in [2.05, 4.69) is 0 Å². The summed E-state index contributed by atoms with van der Waals surface area (Å²) in [6, 6.07) is 0. The van der Waals surface area contributed by atoms with Gasteiger partial charge in [-0.3, -0.25) is 0 Å². The predicted molar refractivity (Wildman–Crippen MR) is 47.4 cm³/mol. The van der Waals surface area contributed by atoms with Gasteiger partial charge in [0.15, 0.2) is 18.2 Å². The minimum Gasteiger partial charge on any atom is -0.394 e. The molecule has 1 unspecified atom stereocenters. The van der Waals surface area contributed by atoms with Crippen molar-refractivity contribution in [3.63, 3.8) is 0 Å². The third-order valence-corrected chi connectivity index (χ3v) is 2.69. The Labute approximate surface area is 92.2 Å². The largest absolute Gasteiger partial charge is 0.394 e. The lowest BCUT2D eigenvalue weighted by molar-refractivity contribution is -0.315. The molecule has 2 fully saturated rings. The molecule has 3 N–H and O–H groups in total. The van der Waals surface area contributed by atoms with Crippen molar-refractivity contribution in [3.05, 3.63) is 0 Å². The SMILES string of the molecule is CC1(C)OC2O[C@H]([C@H](O)CO)[C@@]([O])(O)[C@H]2O1. The first-order valence-corrected chi connectivity index (χ1v) is 5.01. The second-order valence-electron chi connectivity index (χ2n) is 4.48. The van der Waals surface area contributed by atoms with Crippen molar-refractivity contribution in [1.82, 2.24) is 0 Å². The molecule has 0 bridgehead atoms. The summed E-state index contributed by atoms with van der Waals surface area (Å²) in [7, 11) is 0. The van der Waals surface area contributed by atoms with Gasteiger partial charge in [0.25, 0.3) is 5.79 Å². The fraction of sp³-hybridized carbons (Fsp3) is 1.00. The second kappa shape index (κ2) is 3.61. The standard InChI is InChI=1S/C9H15O7/c1-8(2)15-6-7(16-8)14-5(4(11)3-10)9(6,12)13/h4-7,10-12H,3H2,1-2H3/t4-,5-,6+,7?,9+/m1/s1. The molecule has 7 nitrogen and oxygen atoms in total. The van der Waals surface area contributed by atoms with Gasteiger partial charge in [0, 0.05) is 0 Å². The molecule has 0 aromatic rings. The maximum atomic E-state index is 11.9. The normalized spacial score (nSPS) is 42.0. The molecule has 0 aromatic heterocycles. The van der Waals surface area contributed by atoms with Gasteiger partial charge in [0.2, 0.25) is 0 Å². The molecular weight excluding hydrogens is 220 g/mol. The number of hydrogen-bond donors (Lipinski definition) is 3. The van der Waals surface area contributed by atoms with E-state index >= 15 is 0 Å². The molecule has 2 rings (SSSR count). The van der Waals surface area contributed by atoms with Gasteiger partial charge in [-0.2, -0.15) is 5.11 Å². The molecule has 0 aromatic carbocycles. The third-order valence-electron chi connectivity index (χ3n) is 2.69. The van der Waals surface area contributed by atoms with Gasteiger partial charge in [0.05, 0.1) is 6.61 Å². The maximum Gasteiger partial charge on any atom is 0.260 e. The van der Waals surface area contributed by atoms with E-state index < -0.39 is 42.8 Å². The summed E-state index contributed by atoms with van der Waals surface area (Å²) in [5, 5.41) is 39.7. The quantitative estimate of drug-likeness (QED) is 0.494. The zero-order valence-corrected chi connectivity index (χ0v) is 8.99. The first kappa shape index (κ1) is 12.2. The summed E-state index contributed by atoms with van der Waals surface area (Å²) in [6.07, 6.45) is -5.18. The monoisotopic (exact) mass is 235 g/mol.